The topological polar surface area (TPSA) is 161 Å². The van der Waals surface area contributed by atoms with Crippen molar-refractivity contribution in [3.05, 3.63) is 120 Å². The summed E-state index contributed by atoms with van der Waals surface area (Å²) in [4.78, 5) is 64.1. The van der Waals surface area contributed by atoms with E-state index in [1.165, 1.54) is 24.1 Å². The van der Waals surface area contributed by atoms with Crippen molar-refractivity contribution in [2.45, 2.75) is 31.5 Å². The smallest absolute Gasteiger partial charge is 0.338 e. The van der Waals surface area contributed by atoms with Crippen LogP contribution in [0.5, 0.6) is 0 Å². The highest BCUT2D eigenvalue weighted by atomic mass is 16.7. The third-order valence-electron chi connectivity index (χ3n) is 7.13. The number of nitrogens with one attached hydrogen (secondary N) is 1. The summed E-state index contributed by atoms with van der Waals surface area (Å²) in [6.07, 6.45) is -1.99. The number of benzene rings is 3. The lowest BCUT2D eigenvalue weighted by Crippen LogP contribution is -2.41. The third kappa shape index (κ3) is 6.44. The van der Waals surface area contributed by atoms with Crippen molar-refractivity contribution in [3.63, 3.8) is 0 Å². The quantitative estimate of drug-likeness (QED) is 0.187. The second-order valence-corrected chi connectivity index (χ2v) is 10.2. The molecule has 0 saturated carbocycles. The van der Waals surface area contributed by atoms with Crippen molar-refractivity contribution < 1.29 is 38.1 Å². The number of aromatic nitrogens is 4. The second-order valence-electron chi connectivity index (χ2n) is 10.2. The van der Waals surface area contributed by atoms with Gasteiger partial charge in [0.1, 0.15) is 19.0 Å². The van der Waals surface area contributed by atoms with Crippen LogP contribution in [-0.4, -0.2) is 68.3 Å². The molecule has 0 spiro atoms. The molecule has 0 radical (unpaired) electrons. The monoisotopic (exact) mass is 621 g/mol. The number of rotatable bonds is 9. The molecule has 13 nitrogen and oxygen atoms in total. The number of fused-ring (bicyclic) bond motifs is 1. The van der Waals surface area contributed by atoms with Crippen LogP contribution < -0.4 is 5.32 Å². The molecule has 13 heteroatoms. The van der Waals surface area contributed by atoms with Crippen LogP contribution in [0.3, 0.4) is 0 Å². The van der Waals surface area contributed by atoms with Gasteiger partial charge in [-0.15, -0.1) is 0 Å². The van der Waals surface area contributed by atoms with Gasteiger partial charge in [-0.2, -0.15) is 0 Å². The van der Waals surface area contributed by atoms with Crippen LogP contribution in [0.2, 0.25) is 0 Å². The molecule has 46 heavy (non-hydrogen) atoms. The number of esters is 3. The molecule has 1 saturated heterocycles. The Hall–Kier alpha value is -5.95. The van der Waals surface area contributed by atoms with Crippen LogP contribution >= 0.6 is 0 Å². The number of carbonyl (C=O) groups is 4. The highest BCUT2D eigenvalue weighted by Gasteiger charge is 2.51. The molecule has 4 atom stereocenters. The van der Waals surface area contributed by atoms with Gasteiger partial charge >= 0.3 is 17.9 Å². The lowest BCUT2D eigenvalue weighted by atomic mass is 10.1. The molecular formula is C33H27N5O8. The summed E-state index contributed by atoms with van der Waals surface area (Å²) >= 11 is 0. The van der Waals surface area contributed by atoms with Crippen molar-refractivity contribution in [2.75, 3.05) is 11.9 Å². The maximum atomic E-state index is 13.2. The zero-order valence-corrected chi connectivity index (χ0v) is 24.4. The number of carbonyl (C=O) groups excluding carboxylic acids is 4. The van der Waals surface area contributed by atoms with E-state index in [-0.39, 0.29) is 29.2 Å². The van der Waals surface area contributed by atoms with Crippen LogP contribution in [0, 0.1) is 0 Å². The molecule has 0 unspecified atom stereocenters. The molecule has 1 N–H and O–H groups in total. The molecule has 1 amide bonds. The normalized spacial score (nSPS) is 18.9. The summed E-state index contributed by atoms with van der Waals surface area (Å²) in [5.41, 5.74) is 1.45. The first-order valence-electron chi connectivity index (χ1n) is 14.2. The molecule has 5 aromatic rings. The maximum Gasteiger partial charge on any atom is 0.338 e. The highest BCUT2D eigenvalue weighted by molar-refractivity contribution is 6.06. The zero-order chi connectivity index (χ0) is 32.0. The van der Waals surface area contributed by atoms with E-state index in [0.717, 1.165) is 0 Å². The number of nitrogens with zero attached hydrogens (tertiary/aromatic N) is 4. The van der Waals surface area contributed by atoms with Crippen LogP contribution in [0.4, 0.5) is 5.82 Å². The van der Waals surface area contributed by atoms with E-state index in [0.29, 0.717) is 11.1 Å². The Balaban J connectivity index is 1.32. The van der Waals surface area contributed by atoms with Gasteiger partial charge in [-0.05, 0) is 36.4 Å². The van der Waals surface area contributed by atoms with Crippen molar-refractivity contribution >= 4 is 40.8 Å². The Kier molecular flexibility index (Phi) is 8.74. The molecule has 3 heterocycles. The first-order valence-corrected chi connectivity index (χ1v) is 14.2. The predicted molar refractivity (Wildman–Crippen MR) is 162 cm³/mol. The Labute approximate surface area is 262 Å². The zero-order valence-electron chi connectivity index (χ0n) is 24.4. The number of anilines is 1. The van der Waals surface area contributed by atoms with Gasteiger partial charge in [0.05, 0.1) is 17.5 Å². The molecule has 232 valence electrons. The van der Waals surface area contributed by atoms with E-state index in [4.69, 9.17) is 18.9 Å². The lowest BCUT2D eigenvalue weighted by molar-refractivity contribution is -0.156. The van der Waals surface area contributed by atoms with Gasteiger partial charge in [-0.3, -0.25) is 14.2 Å². The molecule has 3 aromatic carbocycles. The molecule has 1 aliphatic heterocycles. The fourth-order valence-electron chi connectivity index (χ4n) is 5.01. The average Bonchev–Trinajstić information content (AvgIpc) is 3.66. The number of amides is 1. The number of hydrogen-bond acceptors (Lipinski definition) is 11. The van der Waals surface area contributed by atoms with E-state index in [1.54, 1.807) is 91.0 Å². The molecule has 6 rings (SSSR count). The van der Waals surface area contributed by atoms with Gasteiger partial charge in [0, 0.05) is 12.5 Å². The maximum absolute atomic E-state index is 13.2. The van der Waals surface area contributed by atoms with Gasteiger partial charge in [0.25, 0.3) is 5.91 Å². The largest absolute Gasteiger partial charge is 0.459 e. The lowest BCUT2D eigenvalue weighted by Gasteiger charge is -2.24. The second kappa shape index (κ2) is 13.4. The van der Waals surface area contributed by atoms with Crippen molar-refractivity contribution in [2.24, 2.45) is 0 Å². The molecule has 0 bridgehead atoms. The van der Waals surface area contributed by atoms with Crippen molar-refractivity contribution in [1.82, 2.24) is 19.5 Å². The van der Waals surface area contributed by atoms with E-state index < -0.39 is 48.4 Å². The Morgan fingerprint density at radius 2 is 1.37 bits per heavy atom. The Morgan fingerprint density at radius 1 is 0.761 bits per heavy atom. The summed E-state index contributed by atoms with van der Waals surface area (Å²) in [6, 6.07) is 25.2. The van der Waals surface area contributed by atoms with Crippen LogP contribution in [0.1, 0.15) is 44.2 Å². The van der Waals surface area contributed by atoms with E-state index in [9.17, 15) is 19.2 Å². The Bertz CT molecular complexity index is 1870. The van der Waals surface area contributed by atoms with Gasteiger partial charge in [0.15, 0.2) is 35.4 Å². The number of imidazole rings is 1. The summed E-state index contributed by atoms with van der Waals surface area (Å²) in [5, 5.41) is 2.74. The minimum atomic E-state index is -1.21. The standard InChI is InChI=1S/C33H27N5O8/c1-20(39)44-27-26(46-33(42)23-15-9-4-10-16-23)24(17-43-32(41)22-13-7-3-8-14-22)45-31(27)38-19-36-25-28(34-18-35-29(25)38)37-30(40)21-11-5-2-6-12-21/h2-16,18-19,24,26-27,31H,17H2,1H3,(H,34,35,37,40)/t24-,26-,27-,31-/m1/s1. The molecule has 1 aliphatic rings. The van der Waals surface area contributed by atoms with E-state index >= 15 is 0 Å². The molecule has 0 aliphatic carbocycles. The van der Waals surface area contributed by atoms with Gasteiger partial charge < -0.3 is 24.3 Å². The first kappa shape index (κ1) is 30.1. The Morgan fingerprint density at radius 3 is 2.00 bits per heavy atom. The summed E-state index contributed by atoms with van der Waals surface area (Å²) < 4.78 is 24.9. The fraction of sp³-hybridized carbons (Fsp3) is 0.182. The first-order chi connectivity index (χ1) is 22.4. The third-order valence-corrected chi connectivity index (χ3v) is 7.13. The fourth-order valence-corrected chi connectivity index (χ4v) is 5.01. The summed E-state index contributed by atoms with van der Waals surface area (Å²) in [6.45, 7) is 0.871. The molecular weight excluding hydrogens is 594 g/mol. The van der Waals surface area contributed by atoms with Crippen LogP contribution in [0.25, 0.3) is 11.2 Å². The molecule has 2 aromatic heterocycles. The summed E-state index contributed by atoms with van der Waals surface area (Å²) in [7, 11) is 0. The number of ether oxygens (including phenoxy) is 4. The van der Waals surface area contributed by atoms with E-state index in [1.807, 2.05) is 0 Å². The highest BCUT2D eigenvalue weighted by Crippen LogP contribution is 2.37. The van der Waals surface area contributed by atoms with E-state index in [2.05, 4.69) is 20.3 Å². The van der Waals surface area contributed by atoms with Crippen molar-refractivity contribution in [3.8, 4) is 0 Å². The molecule has 1 fully saturated rings. The minimum absolute atomic E-state index is 0.139. The van der Waals surface area contributed by atoms with Gasteiger partial charge in [0.2, 0.25) is 0 Å². The minimum Gasteiger partial charge on any atom is -0.459 e. The van der Waals surface area contributed by atoms with Crippen LogP contribution in [-0.2, 0) is 23.7 Å². The average molecular weight is 622 g/mol. The number of hydrogen-bond donors (Lipinski definition) is 1. The summed E-state index contributed by atoms with van der Waals surface area (Å²) in [5.74, 6) is -2.26. The predicted octanol–water partition coefficient (Wildman–Crippen LogP) is 3.99. The van der Waals surface area contributed by atoms with Gasteiger partial charge in [-0.1, -0.05) is 54.6 Å². The van der Waals surface area contributed by atoms with Crippen LogP contribution in [0.15, 0.2) is 104 Å². The van der Waals surface area contributed by atoms with Crippen molar-refractivity contribution in [1.29, 1.82) is 0 Å². The SMILES string of the molecule is CC(=O)O[C@@H]1[C@H](OC(=O)c2ccccc2)[C@@H](COC(=O)c2ccccc2)O[C@H]1n1cnc2c(NC(=O)c3ccccc3)ncnc21. The van der Waals surface area contributed by atoms with Gasteiger partial charge in [-0.25, -0.2) is 24.5 Å².